The van der Waals surface area contributed by atoms with Crippen molar-refractivity contribution in [3.8, 4) is 5.75 Å². The maximum absolute atomic E-state index is 10.8. The Morgan fingerprint density at radius 3 is 2.71 bits per heavy atom. The van der Waals surface area contributed by atoms with Crippen molar-refractivity contribution < 1.29 is 10.0 Å². The molecule has 0 aromatic heterocycles. The van der Waals surface area contributed by atoms with E-state index in [-0.39, 0.29) is 11.4 Å². The molecule has 1 N–H and O–H groups in total. The lowest BCUT2D eigenvalue weighted by atomic mass is 9.83. The van der Waals surface area contributed by atoms with Gasteiger partial charge in [-0.1, -0.05) is 6.42 Å². The first-order valence-corrected chi connectivity index (χ1v) is 6.12. The Morgan fingerprint density at radius 2 is 2.12 bits per heavy atom. The molecular formula is C13H15NO3. The van der Waals surface area contributed by atoms with Gasteiger partial charge in [0.25, 0.3) is 5.69 Å². The number of rotatable bonds is 2. The molecule has 0 heterocycles. The molecule has 3 rings (SSSR count). The van der Waals surface area contributed by atoms with Crippen molar-refractivity contribution in [2.24, 2.45) is 11.8 Å². The minimum Gasteiger partial charge on any atom is -0.508 e. The molecule has 2 aliphatic carbocycles. The molecule has 4 heteroatoms. The molecule has 0 amide bonds. The zero-order chi connectivity index (χ0) is 12.0. The summed E-state index contributed by atoms with van der Waals surface area (Å²) in [4.78, 5) is 10.4. The van der Waals surface area contributed by atoms with Crippen LogP contribution in [-0.2, 0) is 0 Å². The van der Waals surface area contributed by atoms with Gasteiger partial charge in [-0.15, -0.1) is 0 Å². The number of hydrogen-bond acceptors (Lipinski definition) is 3. The van der Waals surface area contributed by atoms with Crippen molar-refractivity contribution in [1.29, 1.82) is 0 Å². The second-order valence-electron chi connectivity index (χ2n) is 5.28. The van der Waals surface area contributed by atoms with Gasteiger partial charge in [0.15, 0.2) is 0 Å². The smallest absolute Gasteiger partial charge is 0.269 e. The van der Waals surface area contributed by atoms with Crippen LogP contribution < -0.4 is 0 Å². The van der Waals surface area contributed by atoms with Crippen LogP contribution in [0, 0.1) is 22.0 Å². The first-order chi connectivity index (χ1) is 8.15. The largest absolute Gasteiger partial charge is 0.508 e. The number of benzene rings is 1. The SMILES string of the molecule is O=[N+]([O-])c1ccc(O)c(C2CC3CCC2C3)c1. The zero-order valence-electron chi connectivity index (χ0n) is 9.50. The summed E-state index contributed by atoms with van der Waals surface area (Å²) in [6.07, 6.45) is 4.81. The van der Waals surface area contributed by atoms with Gasteiger partial charge in [0.1, 0.15) is 5.75 Å². The van der Waals surface area contributed by atoms with Gasteiger partial charge < -0.3 is 5.11 Å². The molecule has 90 valence electrons. The molecule has 2 saturated carbocycles. The van der Waals surface area contributed by atoms with Crippen molar-refractivity contribution in [3.05, 3.63) is 33.9 Å². The van der Waals surface area contributed by atoms with E-state index in [4.69, 9.17) is 0 Å². The van der Waals surface area contributed by atoms with Gasteiger partial charge in [-0.05, 0) is 43.1 Å². The van der Waals surface area contributed by atoms with E-state index >= 15 is 0 Å². The normalized spacial score (nSPS) is 30.7. The molecule has 1 aromatic rings. The highest BCUT2D eigenvalue weighted by Crippen LogP contribution is 2.54. The van der Waals surface area contributed by atoms with Crippen LogP contribution in [0.4, 0.5) is 5.69 Å². The number of phenols is 1. The number of fused-ring (bicyclic) bond motifs is 2. The Hall–Kier alpha value is -1.58. The van der Waals surface area contributed by atoms with Gasteiger partial charge in [0.2, 0.25) is 0 Å². The van der Waals surface area contributed by atoms with Crippen LogP contribution >= 0.6 is 0 Å². The Morgan fingerprint density at radius 1 is 1.29 bits per heavy atom. The van der Waals surface area contributed by atoms with Gasteiger partial charge in [-0.3, -0.25) is 10.1 Å². The Balaban J connectivity index is 1.96. The summed E-state index contributed by atoms with van der Waals surface area (Å²) in [6, 6.07) is 4.38. The minimum atomic E-state index is -0.393. The van der Waals surface area contributed by atoms with E-state index in [2.05, 4.69) is 0 Å². The molecule has 2 bridgehead atoms. The van der Waals surface area contributed by atoms with E-state index in [1.807, 2.05) is 0 Å². The van der Waals surface area contributed by atoms with E-state index in [1.165, 1.54) is 31.4 Å². The predicted octanol–water partition coefficient (Wildman–Crippen LogP) is 3.20. The molecule has 4 nitrogen and oxygen atoms in total. The molecule has 3 atom stereocenters. The van der Waals surface area contributed by atoms with Crippen molar-refractivity contribution in [1.82, 2.24) is 0 Å². The van der Waals surface area contributed by atoms with Crippen LogP contribution in [0.1, 0.15) is 37.2 Å². The molecular weight excluding hydrogens is 218 g/mol. The Kier molecular flexibility index (Phi) is 2.31. The first-order valence-electron chi connectivity index (χ1n) is 6.12. The second kappa shape index (κ2) is 3.72. The molecule has 17 heavy (non-hydrogen) atoms. The van der Waals surface area contributed by atoms with E-state index in [9.17, 15) is 15.2 Å². The number of hydrogen-bond donors (Lipinski definition) is 1. The topological polar surface area (TPSA) is 63.4 Å². The summed E-state index contributed by atoms with van der Waals surface area (Å²) in [5.41, 5.74) is 0.868. The van der Waals surface area contributed by atoms with Gasteiger partial charge in [0, 0.05) is 17.7 Å². The van der Waals surface area contributed by atoms with Crippen LogP contribution in [-0.4, -0.2) is 10.0 Å². The Bertz CT molecular complexity index is 472. The standard InChI is InChI=1S/C13H15NO3/c15-13-4-3-10(14(16)17)7-12(13)11-6-8-1-2-9(11)5-8/h3-4,7-9,11,15H,1-2,5-6H2. The van der Waals surface area contributed by atoms with E-state index in [0.29, 0.717) is 11.8 Å². The highest BCUT2D eigenvalue weighted by Gasteiger charge is 2.41. The molecule has 0 radical (unpaired) electrons. The number of nitro groups is 1. The molecule has 3 unspecified atom stereocenters. The highest BCUT2D eigenvalue weighted by atomic mass is 16.6. The van der Waals surface area contributed by atoms with E-state index in [0.717, 1.165) is 17.9 Å². The van der Waals surface area contributed by atoms with Gasteiger partial charge in [0.05, 0.1) is 4.92 Å². The second-order valence-corrected chi connectivity index (χ2v) is 5.28. The minimum absolute atomic E-state index is 0.0839. The zero-order valence-corrected chi connectivity index (χ0v) is 9.50. The van der Waals surface area contributed by atoms with Crippen molar-refractivity contribution in [2.45, 2.75) is 31.6 Å². The lowest BCUT2D eigenvalue weighted by Crippen LogP contribution is -2.09. The van der Waals surface area contributed by atoms with Crippen LogP contribution in [0.25, 0.3) is 0 Å². The third-order valence-electron chi connectivity index (χ3n) is 4.36. The molecule has 2 fully saturated rings. The summed E-state index contributed by atoms with van der Waals surface area (Å²) < 4.78 is 0. The van der Waals surface area contributed by atoms with E-state index < -0.39 is 4.92 Å². The van der Waals surface area contributed by atoms with Crippen LogP contribution in [0.2, 0.25) is 0 Å². The number of phenolic OH excluding ortho intramolecular Hbond substituents is 1. The molecule has 1 aromatic carbocycles. The van der Waals surface area contributed by atoms with Crippen molar-refractivity contribution in [2.75, 3.05) is 0 Å². The Labute approximate surface area is 99.4 Å². The van der Waals surface area contributed by atoms with Crippen LogP contribution in [0.5, 0.6) is 5.75 Å². The number of non-ortho nitro benzene ring substituents is 1. The van der Waals surface area contributed by atoms with E-state index in [1.54, 1.807) is 6.07 Å². The maximum atomic E-state index is 10.8. The molecule has 2 aliphatic rings. The van der Waals surface area contributed by atoms with Crippen LogP contribution in [0.15, 0.2) is 18.2 Å². The monoisotopic (exact) mass is 233 g/mol. The van der Waals surface area contributed by atoms with Gasteiger partial charge >= 0.3 is 0 Å². The van der Waals surface area contributed by atoms with Crippen LogP contribution in [0.3, 0.4) is 0 Å². The summed E-state index contributed by atoms with van der Waals surface area (Å²) in [5, 5.41) is 20.6. The number of aromatic hydroxyl groups is 1. The average Bonchev–Trinajstić information content (AvgIpc) is 2.91. The molecule has 0 spiro atoms. The fourth-order valence-electron chi connectivity index (χ4n) is 3.58. The third kappa shape index (κ3) is 1.68. The van der Waals surface area contributed by atoms with Crippen molar-refractivity contribution in [3.63, 3.8) is 0 Å². The quantitative estimate of drug-likeness (QED) is 0.630. The highest BCUT2D eigenvalue weighted by molar-refractivity contribution is 5.45. The lowest BCUT2D eigenvalue weighted by molar-refractivity contribution is -0.385. The van der Waals surface area contributed by atoms with Gasteiger partial charge in [-0.25, -0.2) is 0 Å². The summed E-state index contributed by atoms with van der Waals surface area (Å²) in [5.74, 6) is 1.93. The number of nitrogens with zero attached hydrogens (tertiary/aromatic N) is 1. The third-order valence-corrected chi connectivity index (χ3v) is 4.36. The molecule has 0 saturated heterocycles. The average molecular weight is 233 g/mol. The molecule has 0 aliphatic heterocycles. The maximum Gasteiger partial charge on any atom is 0.269 e. The summed E-state index contributed by atoms with van der Waals surface area (Å²) >= 11 is 0. The van der Waals surface area contributed by atoms with Gasteiger partial charge in [-0.2, -0.15) is 0 Å². The first kappa shape index (κ1) is 10.6. The predicted molar refractivity (Wildman–Crippen MR) is 63.0 cm³/mol. The summed E-state index contributed by atoms with van der Waals surface area (Å²) in [6.45, 7) is 0. The lowest BCUT2D eigenvalue weighted by Gasteiger charge is -2.22. The fourth-order valence-corrected chi connectivity index (χ4v) is 3.58. The van der Waals surface area contributed by atoms with Crippen molar-refractivity contribution >= 4 is 5.69 Å². The summed E-state index contributed by atoms with van der Waals surface area (Å²) in [7, 11) is 0. The number of nitro benzene ring substituents is 1. The fraction of sp³-hybridized carbons (Fsp3) is 0.538.